The summed E-state index contributed by atoms with van der Waals surface area (Å²) in [6.07, 6.45) is 5.00. The van der Waals surface area contributed by atoms with Crippen molar-refractivity contribution in [2.45, 2.75) is 44.7 Å². The molecule has 3 rings (SSSR count). The molecule has 1 heterocycles. The highest BCUT2D eigenvalue weighted by Crippen LogP contribution is 2.32. The molecule has 1 aromatic carbocycles. The lowest BCUT2D eigenvalue weighted by Crippen LogP contribution is -2.27. The number of ether oxygens (including phenoxy) is 1. The van der Waals surface area contributed by atoms with Crippen LogP contribution in [0.4, 0.5) is 5.69 Å². The Morgan fingerprint density at radius 3 is 2.90 bits per heavy atom. The summed E-state index contributed by atoms with van der Waals surface area (Å²) in [5.74, 6) is 0.782. The van der Waals surface area contributed by atoms with Crippen LogP contribution in [0.2, 0.25) is 5.02 Å². The molecule has 1 saturated carbocycles. The third-order valence-corrected chi connectivity index (χ3v) is 4.34. The standard InChI is InChI=1S/C16H23ClN2O/c1-2-9-20-16-6-3-12(10-15(16)17)18-13-7-8-19(11-13)14-4-5-14/h3,6,10,13-14,18H,2,4-5,7-9,11H2,1H3. The average Bonchev–Trinajstić information content (AvgIpc) is 3.19. The molecule has 1 aliphatic heterocycles. The highest BCUT2D eigenvalue weighted by molar-refractivity contribution is 6.32. The zero-order valence-electron chi connectivity index (χ0n) is 12.1. The second kappa shape index (κ2) is 6.23. The van der Waals surface area contributed by atoms with Crippen LogP contribution in [0.5, 0.6) is 5.75 Å². The molecule has 110 valence electrons. The van der Waals surface area contributed by atoms with Gasteiger partial charge in [-0.15, -0.1) is 0 Å². The maximum atomic E-state index is 6.26. The first kappa shape index (κ1) is 14.0. The molecule has 0 radical (unpaired) electrons. The van der Waals surface area contributed by atoms with Crippen molar-refractivity contribution in [1.82, 2.24) is 4.90 Å². The number of rotatable bonds is 6. The van der Waals surface area contributed by atoms with E-state index in [4.69, 9.17) is 16.3 Å². The fourth-order valence-corrected chi connectivity index (χ4v) is 3.07. The van der Waals surface area contributed by atoms with E-state index in [0.717, 1.165) is 30.4 Å². The van der Waals surface area contributed by atoms with Crippen LogP contribution < -0.4 is 10.1 Å². The summed E-state index contributed by atoms with van der Waals surface area (Å²) >= 11 is 6.26. The SMILES string of the molecule is CCCOc1ccc(NC2CCN(C3CC3)C2)cc1Cl. The van der Waals surface area contributed by atoms with Gasteiger partial charge in [-0.25, -0.2) is 0 Å². The van der Waals surface area contributed by atoms with Gasteiger partial charge in [0.2, 0.25) is 0 Å². The fraction of sp³-hybridized carbons (Fsp3) is 0.625. The van der Waals surface area contributed by atoms with E-state index in [1.807, 2.05) is 12.1 Å². The van der Waals surface area contributed by atoms with Crippen molar-refractivity contribution in [2.24, 2.45) is 0 Å². The largest absolute Gasteiger partial charge is 0.492 e. The maximum Gasteiger partial charge on any atom is 0.138 e. The number of benzene rings is 1. The van der Waals surface area contributed by atoms with Crippen molar-refractivity contribution in [2.75, 3.05) is 25.0 Å². The van der Waals surface area contributed by atoms with E-state index < -0.39 is 0 Å². The van der Waals surface area contributed by atoms with Gasteiger partial charge in [-0.05, 0) is 43.9 Å². The minimum Gasteiger partial charge on any atom is -0.492 e. The molecule has 0 bridgehead atoms. The Morgan fingerprint density at radius 2 is 2.20 bits per heavy atom. The van der Waals surface area contributed by atoms with Gasteiger partial charge in [0.25, 0.3) is 0 Å². The molecule has 2 fully saturated rings. The van der Waals surface area contributed by atoms with Gasteiger partial charge in [0.1, 0.15) is 5.75 Å². The van der Waals surface area contributed by atoms with E-state index in [0.29, 0.717) is 17.7 Å². The molecule has 1 aromatic rings. The Balaban J connectivity index is 1.56. The van der Waals surface area contributed by atoms with Gasteiger partial charge in [-0.3, -0.25) is 4.90 Å². The molecule has 1 unspecified atom stereocenters. The fourth-order valence-electron chi connectivity index (χ4n) is 2.83. The van der Waals surface area contributed by atoms with Crippen LogP contribution in [-0.2, 0) is 0 Å². The van der Waals surface area contributed by atoms with Crippen molar-refractivity contribution in [1.29, 1.82) is 0 Å². The van der Waals surface area contributed by atoms with Crippen LogP contribution in [0.1, 0.15) is 32.6 Å². The number of hydrogen-bond donors (Lipinski definition) is 1. The summed E-state index contributed by atoms with van der Waals surface area (Å²) in [5.41, 5.74) is 1.10. The van der Waals surface area contributed by atoms with Gasteiger partial charge in [0.15, 0.2) is 0 Å². The highest BCUT2D eigenvalue weighted by Gasteiger charge is 2.34. The summed E-state index contributed by atoms with van der Waals surface area (Å²) in [5, 5.41) is 4.29. The van der Waals surface area contributed by atoms with Crippen LogP contribution >= 0.6 is 11.6 Å². The molecule has 1 saturated heterocycles. The lowest BCUT2D eigenvalue weighted by atomic mass is 10.2. The molecular formula is C16H23ClN2O. The quantitative estimate of drug-likeness (QED) is 0.864. The molecule has 1 atom stereocenters. The number of anilines is 1. The maximum absolute atomic E-state index is 6.26. The van der Waals surface area contributed by atoms with Crippen molar-refractivity contribution >= 4 is 17.3 Å². The highest BCUT2D eigenvalue weighted by atomic mass is 35.5. The molecule has 1 aliphatic carbocycles. The molecule has 20 heavy (non-hydrogen) atoms. The minimum absolute atomic E-state index is 0.550. The minimum atomic E-state index is 0.550. The van der Waals surface area contributed by atoms with Gasteiger partial charge in [-0.2, -0.15) is 0 Å². The average molecular weight is 295 g/mol. The number of halogens is 1. The van der Waals surface area contributed by atoms with Crippen molar-refractivity contribution < 1.29 is 4.74 Å². The zero-order chi connectivity index (χ0) is 13.9. The predicted octanol–water partition coefficient (Wildman–Crippen LogP) is 3.78. The van der Waals surface area contributed by atoms with Crippen molar-refractivity contribution in [3.8, 4) is 5.75 Å². The third kappa shape index (κ3) is 3.39. The molecule has 0 aromatic heterocycles. The van der Waals surface area contributed by atoms with E-state index in [1.54, 1.807) is 0 Å². The van der Waals surface area contributed by atoms with E-state index in [1.165, 1.54) is 25.8 Å². The second-order valence-corrected chi connectivity index (χ2v) is 6.26. The van der Waals surface area contributed by atoms with E-state index >= 15 is 0 Å². The first-order valence-corrected chi connectivity index (χ1v) is 8.07. The second-order valence-electron chi connectivity index (χ2n) is 5.85. The summed E-state index contributed by atoms with van der Waals surface area (Å²) < 4.78 is 5.60. The monoisotopic (exact) mass is 294 g/mol. The Kier molecular flexibility index (Phi) is 4.37. The van der Waals surface area contributed by atoms with Gasteiger partial charge < -0.3 is 10.1 Å². The lowest BCUT2D eigenvalue weighted by molar-refractivity contribution is 0.317. The van der Waals surface area contributed by atoms with Gasteiger partial charge in [0, 0.05) is 30.9 Å². The first-order valence-electron chi connectivity index (χ1n) is 7.69. The van der Waals surface area contributed by atoms with Crippen molar-refractivity contribution in [3.63, 3.8) is 0 Å². The number of nitrogens with one attached hydrogen (secondary N) is 1. The van der Waals surface area contributed by atoms with Crippen molar-refractivity contribution in [3.05, 3.63) is 23.2 Å². The van der Waals surface area contributed by atoms with Crippen LogP contribution in [0.3, 0.4) is 0 Å². The number of nitrogens with zero attached hydrogens (tertiary/aromatic N) is 1. The number of hydrogen-bond acceptors (Lipinski definition) is 3. The molecule has 2 aliphatic rings. The Bertz CT molecular complexity index is 462. The first-order chi connectivity index (χ1) is 9.76. The molecule has 1 N–H and O–H groups in total. The Labute approximate surface area is 126 Å². The summed E-state index contributed by atoms with van der Waals surface area (Å²) in [6, 6.07) is 7.43. The predicted molar refractivity (Wildman–Crippen MR) is 83.9 cm³/mol. The molecule has 0 amide bonds. The molecule has 0 spiro atoms. The topological polar surface area (TPSA) is 24.5 Å². The van der Waals surface area contributed by atoms with E-state index in [9.17, 15) is 0 Å². The smallest absolute Gasteiger partial charge is 0.138 e. The van der Waals surface area contributed by atoms with Gasteiger partial charge in [-0.1, -0.05) is 18.5 Å². The Hall–Kier alpha value is -0.930. The van der Waals surface area contributed by atoms with E-state index in [-0.39, 0.29) is 0 Å². The normalized spacial score (nSPS) is 23.0. The van der Waals surface area contributed by atoms with Crippen LogP contribution in [0.15, 0.2) is 18.2 Å². The van der Waals surface area contributed by atoms with Gasteiger partial charge >= 0.3 is 0 Å². The summed E-state index contributed by atoms with van der Waals surface area (Å²) in [7, 11) is 0. The molecule has 3 nitrogen and oxygen atoms in total. The van der Waals surface area contributed by atoms with E-state index in [2.05, 4.69) is 23.2 Å². The number of likely N-dealkylation sites (tertiary alicyclic amines) is 1. The molecular weight excluding hydrogens is 272 g/mol. The zero-order valence-corrected chi connectivity index (χ0v) is 12.8. The van der Waals surface area contributed by atoms with Gasteiger partial charge in [0.05, 0.1) is 11.6 Å². The van der Waals surface area contributed by atoms with Crippen LogP contribution in [0, 0.1) is 0 Å². The lowest BCUT2D eigenvalue weighted by Gasteiger charge is -2.17. The summed E-state index contributed by atoms with van der Waals surface area (Å²) in [4.78, 5) is 2.61. The Morgan fingerprint density at radius 1 is 1.35 bits per heavy atom. The third-order valence-electron chi connectivity index (χ3n) is 4.05. The molecule has 4 heteroatoms. The summed E-state index contributed by atoms with van der Waals surface area (Å²) in [6.45, 7) is 5.20. The van der Waals surface area contributed by atoms with Crippen LogP contribution in [0.25, 0.3) is 0 Å². The van der Waals surface area contributed by atoms with Crippen LogP contribution in [-0.4, -0.2) is 36.7 Å².